The zero-order valence-electron chi connectivity index (χ0n) is 18.6. The summed E-state index contributed by atoms with van der Waals surface area (Å²) in [5.74, 6) is 0.00630. The molecule has 35 heavy (non-hydrogen) atoms. The number of rotatable bonds is 7. The van der Waals surface area contributed by atoms with E-state index >= 15 is 0 Å². The summed E-state index contributed by atoms with van der Waals surface area (Å²) < 4.78 is 5.28. The van der Waals surface area contributed by atoms with Gasteiger partial charge in [-0.2, -0.15) is 0 Å². The first kappa shape index (κ1) is 23.6. The number of ether oxygens (including phenoxy) is 1. The molecule has 0 saturated heterocycles. The minimum absolute atomic E-state index is 0.0869. The lowest BCUT2D eigenvalue weighted by Gasteiger charge is -2.22. The van der Waals surface area contributed by atoms with E-state index in [9.17, 15) is 14.9 Å². The largest absolute Gasteiger partial charge is 0.495 e. The van der Waals surface area contributed by atoms with Crippen LogP contribution in [0.4, 0.5) is 17.1 Å². The van der Waals surface area contributed by atoms with Crippen LogP contribution in [0.25, 0.3) is 10.9 Å². The summed E-state index contributed by atoms with van der Waals surface area (Å²) in [5.41, 5.74) is 2.07. The molecule has 176 valence electrons. The first-order valence-electron chi connectivity index (χ1n) is 10.6. The summed E-state index contributed by atoms with van der Waals surface area (Å²) in [5, 5.41) is 21.0. The molecule has 0 bridgehead atoms. The molecule has 0 saturated carbocycles. The van der Waals surface area contributed by atoms with Gasteiger partial charge in [0.05, 0.1) is 28.9 Å². The fraction of sp³-hybridized carbons (Fsp3) is 0.0800. The van der Waals surface area contributed by atoms with E-state index < -0.39 is 11.0 Å². The van der Waals surface area contributed by atoms with E-state index in [1.165, 1.54) is 25.3 Å². The molecule has 3 N–H and O–H groups in total. The molecule has 9 nitrogen and oxygen atoms in total. The normalized spacial score (nSPS) is 11.3. The molecule has 1 atom stereocenters. The SMILES string of the molecule is COc1ccc([N+](=O)[O-])cc1NC(=S)NC(C(=O)Nc1cccc2cccnc12)c1ccccc1. The van der Waals surface area contributed by atoms with Crippen LogP contribution in [0.3, 0.4) is 0 Å². The lowest BCUT2D eigenvalue weighted by molar-refractivity contribution is -0.384. The van der Waals surface area contributed by atoms with Gasteiger partial charge >= 0.3 is 0 Å². The Morgan fingerprint density at radius 1 is 1.00 bits per heavy atom. The Hall–Kier alpha value is -4.57. The van der Waals surface area contributed by atoms with Crippen LogP contribution in [-0.4, -0.2) is 28.0 Å². The third-order valence-corrected chi connectivity index (χ3v) is 5.42. The van der Waals surface area contributed by atoms with Gasteiger partial charge in [-0.1, -0.05) is 48.5 Å². The maximum absolute atomic E-state index is 13.4. The van der Waals surface area contributed by atoms with Crippen LogP contribution >= 0.6 is 12.2 Å². The number of thiocarbonyl (C=S) groups is 1. The van der Waals surface area contributed by atoms with Gasteiger partial charge in [0, 0.05) is 23.7 Å². The number of anilines is 2. The summed E-state index contributed by atoms with van der Waals surface area (Å²) in [6, 6.07) is 21.6. The minimum Gasteiger partial charge on any atom is -0.495 e. The number of pyridine rings is 1. The number of nitro groups is 1. The summed E-state index contributed by atoms with van der Waals surface area (Å²) in [7, 11) is 1.45. The lowest BCUT2D eigenvalue weighted by Crippen LogP contribution is -2.39. The number of nitro benzene ring substituents is 1. The molecule has 4 rings (SSSR count). The second-order valence-corrected chi connectivity index (χ2v) is 7.86. The third kappa shape index (κ3) is 5.50. The smallest absolute Gasteiger partial charge is 0.271 e. The van der Waals surface area contributed by atoms with E-state index in [2.05, 4.69) is 20.9 Å². The van der Waals surface area contributed by atoms with E-state index in [1.54, 1.807) is 24.4 Å². The van der Waals surface area contributed by atoms with Gasteiger partial charge in [0.15, 0.2) is 5.11 Å². The van der Waals surface area contributed by atoms with E-state index in [0.717, 1.165) is 5.39 Å². The van der Waals surface area contributed by atoms with Crippen molar-refractivity contribution in [2.75, 3.05) is 17.7 Å². The van der Waals surface area contributed by atoms with Gasteiger partial charge < -0.3 is 20.7 Å². The Morgan fingerprint density at radius 2 is 1.77 bits per heavy atom. The van der Waals surface area contributed by atoms with Crippen LogP contribution in [0.15, 0.2) is 85.1 Å². The Morgan fingerprint density at radius 3 is 2.51 bits per heavy atom. The first-order chi connectivity index (χ1) is 17.0. The van der Waals surface area contributed by atoms with Crippen molar-refractivity contribution in [2.45, 2.75) is 6.04 Å². The van der Waals surface area contributed by atoms with Crippen LogP contribution < -0.4 is 20.7 Å². The minimum atomic E-state index is -0.861. The molecule has 1 heterocycles. The predicted octanol–water partition coefficient (Wildman–Crippen LogP) is 4.82. The number of hydrogen-bond acceptors (Lipinski definition) is 6. The molecule has 0 aliphatic carbocycles. The molecule has 0 aliphatic rings. The van der Waals surface area contributed by atoms with Crippen molar-refractivity contribution in [1.82, 2.24) is 10.3 Å². The number of non-ortho nitro benzene ring substituents is 1. The number of benzene rings is 3. The Bertz CT molecular complexity index is 1390. The van der Waals surface area contributed by atoms with Crippen LogP contribution in [0.2, 0.25) is 0 Å². The number of amides is 1. The highest BCUT2D eigenvalue weighted by atomic mass is 32.1. The number of nitrogens with zero attached hydrogens (tertiary/aromatic N) is 2. The second-order valence-electron chi connectivity index (χ2n) is 7.45. The van der Waals surface area contributed by atoms with Crippen molar-refractivity contribution < 1.29 is 14.5 Å². The van der Waals surface area contributed by atoms with Gasteiger partial charge in [-0.15, -0.1) is 0 Å². The molecule has 1 unspecified atom stereocenters. The van der Waals surface area contributed by atoms with E-state index in [4.69, 9.17) is 17.0 Å². The molecule has 3 aromatic carbocycles. The Balaban J connectivity index is 1.59. The van der Waals surface area contributed by atoms with E-state index in [-0.39, 0.29) is 16.7 Å². The van der Waals surface area contributed by atoms with Crippen molar-refractivity contribution in [3.8, 4) is 5.75 Å². The second kappa shape index (κ2) is 10.6. The molecular weight excluding hydrogens is 466 g/mol. The van der Waals surface area contributed by atoms with Gasteiger partial charge in [-0.3, -0.25) is 19.9 Å². The van der Waals surface area contributed by atoms with Crippen molar-refractivity contribution in [3.63, 3.8) is 0 Å². The topological polar surface area (TPSA) is 118 Å². The highest BCUT2D eigenvalue weighted by molar-refractivity contribution is 7.80. The Labute approximate surface area is 206 Å². The van der Waals surface area contributed by atoms with Gasteiger partial charge in [0.25, 0.3) is 11.6 Å². The van der Waals surface area contributed by atoms with Crippen LogP contribution in [-0.2, 0) is 4.79 Å². The third-order valence-electron chi connectivity index (χ3n) is 5.20. The highest BCUT2D eigenvalue weighted by Crippen LogP contribution is 2.29. The Kier molecular flexibility index (Phi) is 7.12. The standard InChI is InChI=1S/C25H21N5O4S/c1-34-21-13-12-18(30(32)33)15-20(21)28-25(35)29-23(17-7-3-2-4-8-17)24(31)27-19-11-5-9-16-10-6-14-26-22(16)19/h2-15,23H,1H3,(H,27,31)(H2,28,29,35). The number of carbonyl (C=O) groups is 1. The van der Waals surface area contributed by atoms with Gasteiger partial charge in [-0.05, 0) is 36.0 Å². The fourth-order valence-corrected chi connectivity index (χ4v) is 3.78. The number of carbonyl (C=O) groups excluding carboxylic acids is 1. The van der Waals surface area contributed by atoms with Crippen molar-refractivity contribution in [3.05, 3.63) is 101 Å². The van der Waals surface area contributed by atoms with E-state index in [0.29, 0.717) is 28.2 Å². The molecule has 0 spiro atoms. The van der Waals surface area contributed by atoms with Gasteiger partial charge in [-0.25, -0.2) is 0 Å². The zero-order valence-corrected chi connectivity index (χ0v) is 19.4. The number of hydrogen-bond donors (Lipinski definition) is 3. The molecule has 0 fully saturated rings. The van der Waals surface area contributed by atoms with Gasteiger partial charge in [0.1, 0.15) is 11.8 Å². The summed E-state index contributed by atoms with van der Waals surface area (Å²) >= 11 is 5.45. The van der Waals surface area contributed by atoms with Crippen molar-refractivity contribution in [1.29, 1.82) is 0 Å². The number of aromatic nitrogens is 1. The van der Waals surface area contributed by atoms with Crippen LogP contribution in [0.5, 0.6) is 5.75 Å². The molecule has 1 aromatic heterocycles. The first-order valence-corrected chi connectivity index (χ1v) is 11.0. The molecular formula is C25H21N5O4S. The molecule has 0 radical (unpaired) electrons. The lowest BCUT2D eigenvalue weighted by atomic mass is 10.1. The highest BCUT2D eigenvalue weighted by Gasteiger charge is 2.23. The van der Waals surface area contributed by atoms with Crippen LogP contribution in [0.1, 0.15) is 11.6 Å². The fourth-order valence-electron chi connectivity index (χ4n) is 3.55. The number of fused-ring (bicyclic) bond motifs is 1. The zero-order chi connectivity index (χ0) is 24.8. The van der Waals surface area contributed by atoms with E-state index in [1.807, 2.05) is 42.5 Å². The predicted molar refractivity (Wildman–Crippen MR) is 139 cm³/mol. The molecule has 1 amide bonds. The average molecular weight is 488 g/mol. The van der Waals surface area contributed by atoms with Crippen molar-refractivity contribution >= 4 is 51.2 Å². The average Bonchev–Trinajstić information content (AvgIpc) is 2.88. The van der Waals surface area contributed by atoms with Gasteiger partial charge in [0.2, 0.25) is 0 Å². The maximum atomic E-state index is 13.4. The summed E-state index contributed by atoms with van der Waals surface area (Å²) in [6.45, 7) is 0. The number of nitrogens with one attached hydrogen (secondary N) is 3. The quantitative estimate of drug-likeness (QED) is 0.193. The molecule has 0 aliphatic heterocycles. The summed E-state index contributed by atoms with van der Waals surface area (Å²) in [4.78, 5) is 28.5. The number of methoxy groups -OCH3 is 1. The molecule has 4 aromatic rings. The maximum Gasteiger partial charge on any atom is 0.271 e. The number of para-hydroxylation sites is 1. The van der Waals surface area contributed by atoms with Crippen molar-refractivity contribution in [2.24, 2.45) is 0 Å². The van der Waals surface area contributed by atoms with Crippen LogP contribution in [0, 0.1) is 10.1 Å². The summed E-state index contributed by atoms with van der Waals surface area (Å²) in [6.07, 6.45) is 1.66. The molecule has 10 heteroatoms. The monoisotopic (exact) mass is 487 g/mol.